The van der Waals surface area contributed by atoms with Crippen LogP contribution in [0.3, 0.4) is 0 Å². The van der Waals surface area contributed by atoms with Crippen LogP contribution in [0.25, 0.3) is 0 Å². The van der Waals surface area contributed by atoms with Gasteiger partial charge in [0.15, 0.2) is 6.86 Å². The molecule has 2 atom stereocenters. The predicted octanol–water partition coefficient (Wildman–Crippen LogP) is 5.10. The van der Waals surface area contributed by atoms with Gasteiger partial charge in [0.05, 0.1) is 6.10 Å². The summed E-state index contributed by atoms with van der Waals surface area (Å²) in [5, 5.41) is 0. The van der Waals surface area contributed by atoms with Crippen molar-refractivity contribution in [1.82, 2.24) is 0 Å². The summed E-state index contributed by atoms with van der Waals surface area (Å²) >= 11 is 0. The lowest BCUT2D eigenvalue weighted by molar-refractivity contribution is -0.0383. The lowest BCUT2D eigenvalue weighted by atomic mass is 9.93. The minimum atomic E-state index is -0.630. The zero-order chi connectivity index (χ0) is 12.2. The average Bonchev–Trinajstić information content (AvgIpc) is 2.28. The number of hydrogen-bond donors (Lipinski definition) is 0. The van der Waals surface area contributed by atoms with E-state index in [4.69, 9.17) is 4.74 Å². The van der Waals surface area contributed by atoms with Gasteiger partial charge < -0.3 is 4.74 Å². The van der Waals surface area contributed by atoms with E-state index in [0.29, 0.717) is 5.92 Å². The van der Waals surface area contributed by atoms with Crippen LogP contribution in [0.15, 0.2) is 0 Å². The molecule has 1 nitrogen and oxygen atoms in total. The first-order valence-electron chi connectivity index (χ1n) is 6.93. The minimum absolute atomic E-state index is 0.133. The average molecular weight is 232 g/mol. The monoisotopic (exact) mass is 232 g/mol. The van der Waals surface area contributed by atoms with Gasteiger partial charge >= 0.3 is 0 Å². The Labute approximate surface area is 101 Å². The summed E-state index contributed by atoms with van der Waals surface area (Å²) in [6.07, 6.45) is 9.71. The maximum absolute atomic E-state index is 12.3. The number of halogens is 1. The van der Waals surface area contributed by atoms with Gasteiger partial charge in [-0.05, 0) is 18.8 Å². The molecule has 2 unspecified atom stereocenters. The van der Waals surface area contributed by atoms with Crippen molar-refractivity contribution in [2.24, 2.45) is 5.92 Å². The molecule has 0 aliphatic rings. The lowest BCUT2D eigenvalue weighted by Crippen LogP contribution is -2.21. The molecule has 0 spiro atoms. The molecule has 0 radical (unpaired) electrons. The van der Waals surface area contributed by atoms with Gasteiger partial charge in [-0.3, -0.25) is 0 Å². The van der Waals surface area contributed by atoms with Crippen LogP contribution in [-0.2, 0) is 4.74 Å². The zero-order valence-corrected chi connectivity index (χ0v) is 11.3. The normalized spacial score (nSPS) is 15.0. The Morgan fingerprint density at radius 2 is 1.50 bits per heavy atom. The van der Waals surface area contributed by atoms with Gasteiger partial charge in [-0.25, -0.2) is 4.39 Å². The molecule has 0 aliphatic heterocycles. The molecule has 0 aliphatic carbocycles. The SMILES string of the molecule is CCCCCC(C)C(CCCCC)OCF. The van der Waals surface area contributed by atoms with Gasteiger partial charge in [0.1, 0.15) is 0 Å². The fourth-order valence-corrected chi connectivity index (χ4v) is 2.11. The largest absolute Gasteiger partial charge is 0.347 e. The molecule has 0 saturated carbocycles. The van der Waals surface area contributed by atoms with E-state index in [9.17, 15) is 4.39 Å². The molecular weight excluding hydrogens is 203 g/mol. The van der Waals surface area contributed by atoms with Crippen molar-refractivity contribution in [2.45, 2.75) is 78.2 Å². The fraction of sp³-hybridized carbons (Fsp3) is 1.00. The van der Waals surface area contributed by atoms with Crippen LogP contribution < -0.4 is 0 Å². The van der Waals surface area contributed by atoms with Gasteiger partial charge in [-0.2, -0.15) is 0 Å². The highest BCUT2D eigenvalue weighted by Crippen LogP contribution is 2.21. The summed E-state index contributed by atoms with van der Waals surface area (Å²) in [5.74, 6) is 0.499. The Bertz CT molecular complexity index is 139. The van der Waals surface area contributed by atoms with Crippen molar-refractivity contribution in [2.75, 3.05) is 6.86 Å². The van der Waals surface area contributed by atoms with Gasteiger partial charge in [0.2, 0.25) is 0 Å². The van der Waals surface area contributed by atoms with Gasteiger partial charge in [0.25, 0.3) is 0 Å². The van der Waals surface area contributed by atoms with E-state index < -0.39 is 6.86 Å². The van der Waals surface area contributed by atoms with E-state index in [-0.39, 0.29) is 6.10 Å². The van der Waals surface area contributed by atoms with E-state index in [1.807, 2.05) is 0 Å². The van der Waals surface area contributed by atoms with Crippen LogP contribution >= 0.6 is 0 Å². The molecule has 0 heterocycles. The number of unbranched alkanes of at least 4 members (excludes halogenated alkanes) is 4. The summed E-state index contributed by atoms with van der Waals surface area (Å²) in [6, 6.07) is 0. The van der Waals surface area contributed by atoms with Crippen molar-refractivity contribution in [3.63, 3.8) is 0 Å². The smallest absolute Gasteiger partial charge is 0.188 e. The van der Waals surface area contributed by atoms with E-state index in [1.165, 1.54) is 44.9 Å². The van der Waals surface area contributed by atoms with Gasteiger partial charge in [-0.1, -0.05) is 59.3 Å². The summed E-state index contributed by atoms with van der Waals surface area (Å²) in [4.78, 5) is 0. The summed E-state index contributed by atoms with van der Waals surface area (Å²) in [6.45, 7) is 5.97. The topological polar surface area (TPSA) is 9.23 Å². The first-order chi connectivity index (χ1) is 7.76. The molecule has 16 heavy (non-hydrogen) atoms. The molecule has 0 aromatic rings. The predicted molar refractivity (Wildman–Crippen MR) is 68.3 cm³/mol. The van der Waals surface area contributed by atoms with Crippen LogP contribution in [-0.4, -0.2) is 13.0 Å². The van der Waals surface area contributed by atoms with Crippen LogP contribution in [0.1, 0.15) is 72.1 Å². The third-order valence-corrected chi connectivity index (χ3v) is 3.27. The third-order valence-electron chi connectivity index (χ3n) is 3.27. The van der Waals surface area contributed by atoms with Gasteiger partial charge in [-0.15, -0.1) is 0 Å². The Kier molecular flexibility index (Phi) is 11.3. The quantitative estimate of drug-likeness (QED) is 0.451. The van der Waals surface area contributed by atoms with E-state index in [0.717, 1.165) is 6.42 Å². The second-order valence-electron chi connectivity index (χ2n) is 4.78. The Hall–Kier alpha value is -0.110. The maximum atomic E-state index is 12.3. The molecule has 0 fully saturated rings. The molecule has 2 heteroatoms. The molecular formula is C14H29FO. The van der Waals surface area contributed by atoms with Crippen molar-refractivity contribution in [1.29, 1.82) is 0 Å². The molecule has 98 valence electrons. The van der Waals surface area contributed by atoms with E-state index in [2.05, 4.69) is 20.8 Å². The maximum Gasteiger partial charge on any atom is 0.188 e. The molecule has 0 bridgehead atoms. The van der Waals surface area contributed by atoms with Crippen molar-refractivity contribution >= 4 is 0 Å². The first-order valence-corrected chi connectivity index (χ1v) is 6.93. The van der Waals surface area contributed by atoms with E-state index >= 15 is 0 Å². The Morgan fingerprint density at radius 3 is 2.00 bits per heavy atom. The van der Waals surface area contributed by atoms with Crippen molar-refractivity contribution in [3.8, 4) is 0 Å². The van der Waals surface area contributed by atoms with Crippen molar-refractivity contribution < 1.29 is 9.13 Å². The summed E-state index contributed by atoms with van der Waals surface area (Å²) in [5.41, 5.74) is 0. The molecule has 0 aromatic carbocycles. The first kappa shape index (κ1) is 15.9. The summed E-state index contributed by atoms with van der Waals surface area (Å²) in [7, 11) is 0. The van der Waals surface area contributed by atoms with Crippen LogP contribution in [0.2, 0.25) is 0 Å². The van der Waals surface area contributed by atoms with Crippen LogP contribution in [0.4, 0.5) is 4.39 Å². The van der Waals surface area contributed by atoms with Crippen molar-refractivity contribution in [3.05, 3.63) is 0 Å². The fourth-order valence-electron chi connectivity index (χ4n) is 2.11. The standard InChI is InChI=1S/C14H29FO/c1-4-6-8-10-13(3)14(16-12-15)11-9-7-5-2/h13-14H,4-12H2,1-3H3. The minimum Gasteiger partial charge on any atom is -0.347 e. The number of alkyl halides is 1. The van der Waals surface area contributed by atoms with E-state index in [1.54, 1.807) is 0 Å². The number of ether oxygens (including phenoxy) is 1. The summed E-state index contributed by atoms with van der Waals surface area (Å²) < 4.78 is 17.5. The Balaban J connectivity index is 3.77. The Morgan fingerprint density at radius 1 is 0.938 bits per heavy atom. The second-order valence-corrected chi connectivity index (χ2v) is 4.78. The molecule has 0 rings (SSSR count). The van der Waals surface area contributed by atoms with Crippen LogP contribution in [0.5, 0.6) is 0 Å². The van der Waals surface area contributed by atoms with Crippen LogP contribution in [0, 0.1) is 5.92 Å². The highest BCUT2D eigenvalue weighted by Gasteiger charge is 2.17. The third kappa shape index (κ3) is 8.09. The number of rotatable bonds is 11. The molecule has 0 saturated heterocycles. The lowest BCUT2D eigenvalue weighted by Gasteiger charge is -2.23. The molecule has 0 aromatic heterocycles. The highest BCUT2D eigenvalue weighted by molar-refractivity contribution is 4.66. The molecule has 0 N–H and O–H groups in total. The highest BCUT2D eigenvalue weighted by atomic mass is 19.1. The molecule has 0 amide bonds. The number of hydrogen-bond acceptors (Lipinski definition) is 1. The second kappa shape index (κ2) is 11.4. The van der Waals surface area contributed by atoms with Gasteiger partial charge in [0, 0.05) is 0 Å². The zero-order valence-electron chi connectivity index (χ0n) is 11.3.